The van der Waals surface area contributed by atoms with E-state index < -0.39 is 5.54 Å². The lowest BCUT2D eigenvalue weighted by molar-refractivity contribution is -0.126. The number of carbonyl (C=O) groups is 2. The molecule has 22 heavy (non-hydrogen) atoms. The Morgan fingerprint density at radius 1 is 1.14 bits per heavy atom. The largest absolute Gasteiger partial charge is 0.354 e. The molecule has 0 radical (unpaired) electrons. The van der Waals surface area contributed by atoms with Crippen LogP contribution in [0.15, 0.2) is 0 Å². The van der Waals surface area contributed by atoms with Crippen LogP contribution in [0.4, 0.5) is 0 Å². The quantitative estimate of drug-likeness (QED) is 0.595. The molecule has 1 rings (SSSR count). The Morgan fingerprint density at radius 2 is 1.73 bits per heavy atom. The van der Waals surface area contributed by atoms with E-state index in [0.717, 1.165) is 6.42 Å². The highest BCUT2D eigenvalue weighted by molar-refractivity contribution is 5.85. The van der Waals surface area contributed by atoms with Crippen molar-refractivity contribution in [2.45, 2.75) is 70.8 Å². The molecule has 0 heterocycles. The molecule has 0 saturated heterocycles. The molecule has 5 nitrogen and oxygen atoms in total. The molecular weight excluding hydrogens is 302 g/mol. The summed E-state index contributed by atoms with van der Waals surface area (Å²) < 4.78 is 0. The highest BCUT2D eigenvalue weighted by Crippen LogP contribution is 2.25. The number of carbonyl (C=O) groups excluding carboxylic acids is 2. The van der Waals surface area contributed by atoms with Crippen LogP contribution in [0.1, 0.15) is 65.2 Å². The Labute approximate surface area is 140 Å². The van der Waals surface area contributed by atoms with Gasteiger partial charge in [0.2, 0.25) is 11.8 Å². The summed E-state index contributed by atoms with van der Waals surface area (Å²) in [5, 5.41) is 5.66. The fourth-order valence-electron chi connectivity index (χ4n) is 2.94. The summed E-state index contributed by atoms with van der Waals surface area (Å²) in [5.41, 5.74) is 5.12. The summed E-state index contributed by atoms with van der Waals surface area (Å²) in [6, 6.07) is 0. The molecule has 1 atom stereocenters. The van der Waals surface area contributed by atoms with E-state index in [1.807, 2.05) is 6.92 Å². The Bertz CT molecular complexity index is 342. The van der Waals surface area contributed by atoms with Crippen molar-refractivity contribution in [3.63, 3.8) is 0 Å². The van der Waals surface area contributed by atoms with Crippen molar-refractivity contribution in [1.29, 1.82) is 0 Å². The van der Waals surface area contributed by atoms with Crippen LogP contribution < -0.4 is 16.4 Å². The van der Waals surface area contributed by atoms with Gasteiger partial charge in [0.05, 0.1) is 5.54 Å². The molecule has 1 unspecified atom stereocenters. The van der Waals surface area contributed by atoms with Crippen LogP contribution in [0.3, 0.4) is 0 Å². The first-order valence-corrected chi connectivity index (χ1v) is 8.29. The summed E-state index contributed by atoms with van der Waals surface area (Å²) >= 11 is 0. The zero-order chi connectivity index (χ0) is 15.7. The minimum atomic E-state index is -0.819. The predicted octanol–water partition coefficient (Wildman–Crippen LogP) is 2.13. The fraction of sp³-hybridized carbons (Fsp3) is 0.875. The SMILES string of the molecule is CCCC(C)(N)C(=O)NCCNC(=O)CC1CCCCC1.Cl. The Kier molecular flexibility index (Phi) is 10.4. The third-order valence-corrected chi connectivity index (χ3v) is 4.22. The molecule has 0 bridgehead atoms. The van der Waals surface area contributed by atoms with Gasteiger partial charge in [-0.05, 0) is 32.1 Å². The number of amides is 2. The zero-order valence-electron chi connectivity index (χ0n) is 14.0. The van der Waals surface area contributed by atoms with E-state index in [4.69, 9.17) is 5.73 Å². The maximum absolute atomic E-state index is 11.9. The normalized spacial score (nSPS) is 18.0. The Hall–Kier alpha value is -0.810. The van der Waals surface area contributed by atoms with Crippen LogP contribution in [0.2, 0.25) is 0 Å². The molecule has 0 spiro atoms. The minimum absolute atomic E-state index is 0. The first kappa shape index (κ1) is 21.2. The molecule has 1 saturated carbocycles. The van der Waals surface area contributed by atoms with Gasteiger partial charge in [-0.1, -0.05) is 32.6 Å². The molecule has 0 aliphatic heterocycles. The second kappa shape index (κ2) is 10.8. The number of hydrogen-bond donors (Lipinski definition) is 3. The zero-order valence-corrected chi connectivity index (χ0v) is 14.8. The van der Waals surface area contributed by atoms with Crippen molar-refractivity contribution in [3.05, 3.63) is 0 Å². The van der Waals surface area contributed by atoms with Crippen molar-refractivity contribution >= 4 is 24.2 Å². The van der Waals surface area contributed by atoms with Crippen LogP contribution in [-0.4, -0.2) is 30.4 Å². The molecule has 6 heteroatoms. The Balaban J connectivity index is 0.00000441. The maximum atomic E-state index is 11.9. The van der Waals surface area contributed by atoms with Gasteiger partial charge >= 0.3 is 0 Å². The van der Waals surface area contributed by atoms with Gasteiger partial charge in [-0.3, -0.25) is 9.59 Å². The van der Waals surface area contributed by atoms with E-state index in [0.29, 0.717) is 31.8 Å². The van der Waals surface area contributed by atoms with Gasteiger partial charge in [0.1, 0.15) is 0 Å². The maximum Gasteiger partial charge on any atom is 0.239 e. The van der Waals surface area contributed by atoms with E-state index in [1.54, 1.807) is 6.92 Å². The summed E-state index contributed by atoms with van der Waals surface area (Å²) in [4.78, 5) is 23.7. The highest BCUT2D eigenvalue weighted by Gasteiger charge is 2.26. The number of halogens is 1. The molecule has 2 amide bonds. The third-order valence-electron chi connectivity index (χ3n) is 4.22. The van der Waals surface area contributed by atoms with Gasteiger partial charge in [0, 0.05) is 19.5 Å². The van der Waals surface area contributed by atoms with Gasteiger partial charge in [0.15, 0.2) is 0 Å². The summed E-state index contributed by atoms with van der Waals surface area (Å²) in [6.07, 6.45) is 8.31. The van der Waals surface area contributed by atoms with Crippen LogP contribution in [0.5, 0.6) is 0 Å². The second-order valence-electron chi connectivity index (χ2n) is 6.48. The van der Waals surface area contributed by atoms with Crippen LogP contribution in [0, 0.1) is 5.92 Å². The van der Waals surface area contributed by atoms with E-state index in [1.165, 1.54) is 32.1 Å². The summed E-state index contributed by atoms with van der Waals surface area (Å²) in [5.74, 6) is 0.497. The molecule has 4 N–H and O–H groups in total. The molecule has 0 aromatic heterocycles. The number of nitrogens with one attached hydrogen (secondary N) is 2. The molecule has 0 aromatic rings. The molecule has 0 aromatic carbocycles. The topological polar surface area (TPSA) is 84.2 Å². The van der Waals surface area contributed by atoms with Crippen LogP contribution in [0.25, 0.3) is 0 Å². The van der Waals surface area contributed by atoms with Crippen LogP contribution in [-0.2, 0) is 9.59 Å². The van der Waals surface area contributed by atoms with Gasteiger partial charge in [0.25, 0.3) is 0 Å². The minimum Gasteiger partial charge on any atom is -0.354 e. The van der Waals surface area contributed by atoms with Crippen molar-refractivity contribution in [2.75, 3.05) is 13.1 Å². The monoisotopic (exact) mass is 333 g/mol. The van der Waals surface area contributed by atoms with E-state index >= 15 is 0 Å². The van der Waals surface area contributed by atoms with Gasteiger partial charge in [-0.2, -0.15) is 0 Å². The smallest absolute Gasteiger partial charge is 0.239 e. The molecular formula is C16H32ClN3O2. The van der Waals surface area contributed by atoms with Crippen molar-refractivity contribution < 1.29 is 9.59 Å². The molecule has 130 valence electrons. The van der Waals surface area contributed by atoms with E-state index in [-0.39, 0.29) is 24.2 Å². The number of nitrogens with two attached hydrogens (primary N) is 1. The molecule has 1 aliphatic rings. The summed E-state index contributed by atoms with van der Waals surface area (Å²) in [6.45, 7) is 4.66. The van der Waals surface area contributed by atoms with Crippen LogP contribution >= 0.6 is 12.4 Å². The Morgan fingerprint density at radius 3 is 2.32 bits per heavy atom. The fourth-order valence-corrected chi connectivity index (χ4v) is 2.94. The van der Waals surface area contributed by atoms with Gasteiger partial charge < -0.3 is 16.4 Å². The van der Waals surface area contributed by atoms with Gasteiger partial charge in [-0.25, -0.2) is 0 Å². The van der Waals surface area contributed by atoms with E-state index in [2.05, 4.69) is 10.6 Å². The van der Waals surface area contributed by atoms with Crippen molar-refractivity contribution in [2.24, 2.45) is 11.7 Å². The average molecular weight is 334 g/mol. The molecule has 1 aliphatic carbocycles. The lowest BCUT2D eigenvalue weighted by Gasteiger charge is -2.23. The van der Waals surface area contributed by atoms with Crippen molar-refractivity contribution in [3.8, 4) is 0 Å². The van der Waals surface area contributed by atoms with Gasteiger partial charge in [-0.15, -0.1) is 12.4 Å². The molecule has 1 fully saturated rings. The lowest BCUT2D eigenvalue weighted by Crippen LogP contribution is -2.52. The number of hydrogen-bond acceptors (Lipinski definition) is 3. The first-order chi connectivity index (χ1) is 9.95. The van der Waals surface area contributed by atoms with E-state index in [9.17, 15) is 9.59 Å². The third kappa shape index (κ3) is 7.99. The standard InChI is InChI=1S/C16H31N3O2.ClH/c1-3-9-16(2,17)15(21)19-11-10-18-14(20)12-13-7-5-4-6-8-13;/h13H,3-12,17H2,1-2H3,(H,18,20)(H,19,21);1H. The summed E-state index contributed by atoms with van der Waals surface area (Å²) in [7, 11) is 0. The number of rotatable bonds is 8. The van der Waals surface area contributed by atoms with Crippen molar-refractivity contribution in [1.82, 2.24) is 10.6 Å². The second-order valence-corrected chi connectivity index (χ2v) is 6.48. The first-order valence-electron chi connectivity index (χ1n) is 8.29. The predicted molar refractivity (Wildman–Crippen MR) is 92.0 cm³/mol. The average Bonchev–Trinajstić information content (AvgIpc) is 2.44. The highest BCUT2D eigenvalue weighted by atomic mass is 35.5. The lowest BCUT2D eigenvalue weighted by atomic mass is 9.87.